The van der Waals surface area contributed by atoms with Gasteiger partial charge in [0.1, 0.15) is 5.76 Å². The van der Waals surface area contributed by atoms with Crippen LogP contribution in [0.4, 0.5) is 0 Å². The summed E-state index contributed by atoms with van der Waals surface area (Å²) in [7, 11) is 0. The quantitative estimate of drug-likeness (QED) is 0.656. The van der Waals surface area contributed by atoms with Crippen LogP contribution in [0.25, 0.3) is 0 Å². The van der Waals surface area contributed by atoms with Gasteiger partial charge in [-0.1, -0.05) is 12.7 Å². The van der Waals surface area contributed by atoms with Crippen LogP contribution in [0.2, 0.25) is 0 Å². The van der Waals surface area contributed by atoms with E-state index in [4.69, 9.17) is 4.74 Å². The third-order valence-corrected chi connectivity index (χ3v) is 2.42. The minimum atomic E-state index is -0.230. The SMILES string of the molecule is C=C(Oc1nc[nH]c(=O)c1C)C(C)=N/C(C)=C\C. The molecule has 0 aliphatic carbocycles. The highest BCUT2D eigenvalue weighted by Gasteiger charge is 2.08. The van der Waals surface area contributed by atoms with E-state index in [0.717, 1.165) is 5.70 Å². The fourth-order valence-corrected chi connectivity index (χ4v) is 1.14. The van der Waals surface area contributed by atoms with Gasteiger partial charge in [-0.3, -0.25) is 9.79 Å². The number of allylic oxidation sites excluding steroid dienone is 3. The zero-order valence-electron chi connectivity index (χ0n) is 11.1. The fourth-order valence-electron chi connectivity index (χ4n) is 1.14. The van der Waals surface area contributed by atoms with Crippen LogP contribution < -0.4 is 10.3 Å². The van der Waals surface area contributed by atoms with E-state index >= 15 is 0 Å². The molecule has 0 aliphatic heterocycles. The molecule has 1 aromatic heterocycles. The van der Waals surface area contributed by atoms with Crippen molar-refractivity contribution in [1.82, 2.24) is 9.97 Å². The Bertz CT molecular complexity index is 568. The zero-order valence-corrected chi connectivity index (χ0v) is 11.1. The van der Waals surface area contributed by atoms with E-state index in [-0.39, 0.29) is 11.4 Å². The molecule has 0 amide bonds. The number of nitrogens with one attached hydrogen (secondary N) is 1. The Hall–Kier alpha value is -2.17. The second-order valence-corrected chi connectivity index (χ2v) is 3.81. The monoisotopic (exact) mass is 247 g/mol. The van der Waals surface area contributed by atoms with Gasteiger partial charge in [0, 0.05) is 5.70 Å². The summed E-state index contributed by atoms with van der Waals surface area (Å²) >= 11 is 0. The maximum Gasteiger partial charge on any atom is 0.257 e. The number of hydrogen-bond donors (Lipinski definition) is 1. The predicted molar refractivity (Wildman–Crippen MR) is 71.9 cm³/mol. The third kappa shape index (κ3) is 3.41. The Labute approximate surface area is 106 Å². The molecular weight excluding hydrogens is 230 g/mol. The summed E-state index contributed by atoms with van der Waals surface area (Å²) in [6.45, 7) is 11.0. The highest BCUT2D eigenvalue weighted by atomic mass is 16.5. The molecule has 1 N–H and O–H groups in total. The maximum atomic E-state index is 11.4. The van der Waals surface area contributed by atoms with E-state index in [2.05, 4.69) is 21.5 Å². The Kier molecular flexibility index (Phi) is 4.59. The van der Waals surface area contributed by atoms with E-state index < -0.39 is 0 Å². The van der Waals surface area contributed by atoms with Gasteiger partial charge >= 0.3 is 0 Å². The summed E-state index contributed by atoms with van der Waals surface area (Å²) in [5.74, 6) is 0.619. The number of ether oxygens (including phenoxy) is 1. The first kappa shape index (κ1) is 13.9. The lowest BCUT2D eigenvalue weighted by molar-refractivity contribution is 0.431. The molecule has 1 aromatic rings. The summed E-state index contributed by atoms with van der Waals surface area (Å²) in [5, 5.41) is 0. The zero-order chi connectivity index (χ0) is 13.7. The summed E-state index contributed by atoms with van der Waals surface area (Å²) in [4.78, 5) is 22.1. The van der Waals surface area contributed by atoms with E-state index in [1.165, 1.54) is 6.33 Å². The van der Waals surface area contributed by atoms with Gasteiger partial charge in [0.05, 0.1) is 17.6 Å². The van der Waals surface area contributed by atoms with Crippen molar-refractivity contribution in [2.24, 2.45) is 4.99 Å². The topological polar surface area (TPSA) is 67.3 Å². The van der Waals surface area contributed by atoms with Crippen LogP contribution in [0.5, 0.6) is 5.88 Å². The lowest BCUT2D eigenvalue weighted by Gasteiger charge is -2.08. The smallest absolute Gasteiger partial charge is 0.257 e. The van der Waals surface area contributed by atoms with Crippen LogP contribution in [0.1, 0.15) is 26.3 Å². The molecule has 1 heterocycles. The minimum absolute atomic E-state index is 0.230. The van der Waals surface area contributed by atoms with Crippen molar-refractivity contribution in [2.45, 2.75) is 27.7 Å². The number of rotatable bonds is 4. The average Bonchev–Trinajstić information content (AvgIpc) is 2.34. The van der Waals surface area contributed by atoms with Crippen LogP contribution >= 0.6 is 0 Å². The third-order valence-electron chi connectivity index (χ3n) is 2.42. The van der Waals surface area contributed by atoms with Gasteiger partial charge in [0.25, 0.3) is 5.56 Å². The lowest BCUT2D eigenvalue weighted by atomic mass is 10.3. The van der Waals surface area contributed by atoms with Gasteiger partial charge in [-0.25, -0.2) is 4.98 Å². The Balaban J connectivity index is 2.92. The van der Waals surface area contributed by atoms with Crippen LogP contribution in [0.3, 0.4) is 0 Å². The Morgan fingerprint density at radius 3 is 2.83 bits per heavy atom. The number of aromatic nitrogens is 2. The van der Waals surface area contributed by atoms with Gasteiger partial charge < -0.3 is 9.72 Å². The molecule has 0 fully saturated rings. The van der Waals surface area contributed by atoms with Gasteiger partial charge in [-0.15, -0.1) is 0 Å². The molecule has 0 bridgehead atoms. The lowest BCUT2D eigenvalue weighted by Crippen LogP contribution is -2.14. The number of nitrogens with zero attached hydrogens (tertiary/aromatic N) is 2. The molecule has 0 atom stereocenters. The summed E-state index contributed by atoms with van der Waals surface area (Å²) < 4.78 is 5.45. The van der Waals surface area contributed by atoms with Crippen LogP contribution in [0.15, 0.2) is 40.2 Å². The molecule has 5 heteroatoms. The second kappa shape index (κ2) is 5.95. The van der Waals surface area contributed by atoms with Crippen molar-refractivity contribution in [3.63, 3.8) is 0 Å². The van der Waals surface area contributed by atoms with Crippen molar-refractivity contribution < 1.29 is 4.74 Å². The van der Waals surface area contributed by atoms with Crippen LogP contribution in [-0.4, -0.2) is 15.7 Å². The maximum absolute atomic E-state index is 11.4. The first-order chi connectivity index (χ1) is 8.45. The van der Waals surface area contributed by atoms with E-state index in [0.29, 0.717) is 17.0 Å². The molecule has 18 heavy (non-hydrogen) atoms. The molecule has 0 radical (unpaired) electrons. The summed E-state index contributed by atoms with van der Waals surface area (Å²) in [6.07, 6.45) is 3.18. The molecule has 0 unspecified atom stereocenters. The average molecular weight is 247 g/mol. The fraction of sp³-hybridized carbons (Fsp3) is 0.308. The van der Waals surface area contributed by atoms with E-state index in [1.54, 1.807) is 13.8 Å². The van der Waals surface area contributed by atoms with Crippen molar-refractivity contribution in [1.29, 1.82) is 0 Å². The Morgan fingerprint density at radius 1 is 1.56 bits per heavy atom. The molecule has 1 rings (SSSR count). The van der Waals surface area contributed by atoms with Crippen LogP contribution in [0, 0.1) is 6.92 Å². The van der Waals surface area contributed by atoms with Crippen molar-refractivity contribution >= 4 is 5.71 Å². The molecule has 5 nitrogen and oxygen atoms in total. The number of aromatic amines is 1. The normalized spacial score (nSPS) is 12.4. The van der Waals surface area contributed by atoms with Crippen LogP contribution in [-0.2, 0) is 0 Å². The van der Waals surface area contributed by atoms with Gasteiger partial charge in [-0.2, -0.15) is 0 Å². The number of H-pyrrole nitrogens is 1. The molecule has 96 valence electrons. The first-order valence-corrected chi connectivity index (χ1v) is 5.55. The molecule has 0 spiro atoms. The molecule has 0 aliphatic rings. The largest absolute Gasteiger partial charge is 0.437 e. The van der Waals surface area contributed by atoms with Crippen molar-refractivity contribution in [2.75, 3.05) is 0 Å². The van der Waals surface area contributed by atoms with Crippen molar-refractivity contribution in [3.05, 3.63) is 46.4 Å². The minimum Gasteiger partial charge on any atom is -0.437 e. The number of hydrogen-bond acceptors (Lipinski definition) is 4. The highest BCUT2D eigenvalue weighted by Crippen LogP contribution is 2.12. The summed E-state index contributed by atoms with van der Waals surface area (Å²) in [6, 6.07) is 0. The number of aliphatic imine (C=N–C) groups is 1. The molecule has 0 aromatic carbocycles. The standard InChI is InChI=1S/C13H17N3O2/c1-6-8(2)16-10(4)11(5)18-13-9(3)12(17)14-7-15-13/h6-7H,5H2,1-4H3,(H,14,15,17)/b8-6-,16-10?. The van der Waals surface area contributed by atoms with Gasteiger partial charge in [0.2, 0.25) is 5.88 Å². The van der Waals surface area contributed by atoms with Gasteiger partial charge in [-0.05, 0) is 27.7 Å². The highest BCUT2D eigenvalue weighted by molar-refractivity contribution is 5.96. The summed E-state index contributed by atoms with van der Waals surface area (Å²) in [5.41, 5.74) is 1.70. The molecule has 0 saturated carbocycles. The molecular formula is C13H17N3O2. The van der Waals surface area contributed by atoms with Crippen molar-refractivity contribution in [3.8, 4) is 5.88 Å². The van der Waals surface area contributed by atoms with Gasteiger partial charge in [0.15, 0.2) is 0 Å². The second-order valence-electron chi connectivity index (χ2n) is 3.81. The van der Waals surface area contributed by atoms with E-state index in [9.17, 15) is 4.79 Å². The molecule has 0 saturated heterocycles. The Morgan fingerprint density at radius 2 is 2.22 bits per heavy atom. The van der Waals surface area contributed by atoms with E-state index in [1.807, 2.05) is 19.9 Å². The first-order valence-electron chi connectivity index (χ1n) is 5.55. The predicted octanol–water partition coefficient (Wildman–Crippen LogP) is 2.36.